The lowest BCUT2D eigenvalue weighted by atomic mass is 10.1. The van der Waals surface area contributed by atoms with E-state index in [0.717, 1.165) is 0 Å². The molecule has 0 aliphatic carbocycles. The molecule has 0 amide bonds. The van der Waals surface area contributed by atoms with Crippen LogP contribution in [-0.2, 0) is 0 Å². The number of piperazine rings is 1. The first-order chi connectivity index (χ1) is 6.32. The van der Waals surface area contributed by atoms with E-state index in [-0.39, 0.29) is 6.54 Å². The van der Waals surface area contributed by atoms with E-state index in [1.165, 1.54) is 4.90 Å². The fraction of sp³-hybridized carbons (Fsp3) is 0.778. The maximum atomic E-state index is 12.6. The summed E-state index contributed by atoms with van der Waals surface area (Å²) in [6, 6.07) is -1.40. The quantitative estimate of drug-likeness (QED) is 0.647. The molecule has 1 atom stereocenters. The summed E-state index contributed by atoms with van der Waals surface area (Å²) < 4.78 is 37.8. The zero-order valence-electron chi connectivity index (χ0n) is 8.43. The molecule has 5 heteroatoms. The fourth-order valence-electron chi connectivity index (χ4n) is 1.66. The minimum Gasteiger partial charge on any atom is -0.362 e. The van der Waals surface area contributed by atoms with E-state index in [2.05, 4.69) is 6.58 Å². The first-order valence-corrected chi connectivity index (χ1v) is 4.50. The van der Waals surface area contributed by atoms with E-state index in [9.17, 15) is 13.2 Å². The number of alkyl halides is 3. The molecule has 0 aromatic rings. The molecule has 1 aliphatic rings. The van der Waals surface area contributed by atoms with Crippen molar-refractivity contribution < 1.29 is 13.2 Å². The lowest BCUT2D eigenvalue weighted by Gasteiger charge is -2.42. The number of allylic oxidation sites excluding steroid dienone is 1. The molecule has 1 unspecified atom stereocenters. The molecule has 82 valence electrons. The summed E-state index contributed by atoms with van der Waals surface area (Å²) in [4.78, 5) is 3.03. The van der Waals surface area contributed by atoms with Gasteiger partial charge in [-0.15, -0.1) is 0 Å². The summed E-state index contributed by atoms with van der Waals surface area (Å²) >= 11 is 0. The van der Waals surface area contributed by atoms with E-state index in [0.29, 0.717) is 18.8 Å². The Kier molecular flexibility index (Phi) is 3.09. The highest BCUT2D eigenvalue weighted by Gasteiger charge is 2.45. The van der Waals surface area contributed by atoms with E-state index in [1.54, 1.807) is 18.9 Å². The van der Waals surface area contributed by atoms with Gasteiger partial charge in [-0.3, -0.25) is 0 Å². The topological polar surface area (TPSA) is 6.48 Å². The van der Waals surface area contributed by atoms with Crippen molar-refractivity contribution in [1.29, 1.82) is 0 Å². The summed E-state index contributed by atoms with van der Waals surface area (Å²) in [5.74, 6) is 0. The van der Waals surface area contributed by atoms with Crippen LogP contribution in [0.3, 0.4) is 0 Å². The first kappa shape index (κ1) is 11.4. The molecular weight excluding hydrogens is 193 g/mol. The third kappa shape index (κ3) is 2.41. The molecule has 1 fully saturated rings. The smallest absolute Gasteiger partial charge is 0.362 e. The molecule has 1 rings (SSSR count). The van der Waals surface area contributed by atoms with Gasteiger partial charge in [0.2, 0.25) is 0 Å². The van der Waals surface area contributed by atoms with Crippen molar-refractivity contribution in [3.05, 3.63) is 12.3 Å². The molecule has 0 N–H and O–H groups in total. The monoisotopic (exact) mass is 208 g/mol. The molecular formula is C9H15F3N2. The van der Waals surface area contributed by atoms with Crippen LogP contribution in [0.1, 0.15) is 6.92 Å². The number of likely N-dealkylation sites (N-methyl/N-ethyl adjacent to an activating group) is 1. The van der Waals surface area contributed by atoms with Gasteiger partial charge in [-0.05, 0) is 14.0 Å². The van der Waals surface area contributed by atoms with Crippen LogP contribution in [0.25, 0.3) is 0 Å². The van der Waals surface area contributed by atoms with Gasteiger partial charge in [0.15, 0.2) is 0 Å². The van der Waals surface area contributed by atoms with Gasteiger partial charge in [0.05, 0.1) is 0 Å². The lowest BCUT2D eigenvalue weighted by molar-refractivity contribution is -0.189. The van der Waals surface area contributed by atoms with Gasteiger partial charge in [0.1, 0.15) is 6.04 Å². The van der Waals surface area contributed by atoms with Gasteiger partial charge in [-0.25, -0.2) is 0 Å². The number of halogens is 3. The van der Waals surface area contributed by atoms with Crippen molar-refractivity contribution >= 4 is 0 Å². The first-order valence-electron chi connectivity index (χ1n) is 4.50. The van der Waals surface area contributed by atoms with Crippen LogP contribution in [0.4, 0.5) is 13.2 Å². The van der Waals surface area contributed by atoms with Gasteiger partial charge in [0.25, 0.3) is 0 Å². The molecule has 1 aliphatic heterocycles. The van der Waals surface area contributed by atoms with Crippen LogP contribution in [0.2, 0.25) is 0 Å². The van der Waals surface area contributed by atoms with E-state index >= 15 is 0 Å². The predicted octanol–water partition coefficient (Wildman–Crippen LogP) is 1.70. The molecule has 1 heterocycles. The molecule has 14 heavy (non-hydrogen) atoms. The molecule has 0 radical (unpaired) electrons. The van der Waals surface area contributed by atoms with Gasteiger partial charge < -0.3 is 9.80 Å². The third-order valence-corrected chi connectivity index (χ3v) is 2.45. The Bertz CT molecular complexity index is 225. The number of hydrogen-bond acceptors (Lipinski definition) is 2. The minimum atomic E-state index is -4.17. The van der Waals surface area contributed by atoms with Crippen molar-refractivity contribution in [3.63, 3.8) is 0 Å². The number of rotatable bonds is 1. The van der Waals surface area contributed by atoms with E-state index in [4.69, 9.17) is 0 Å². The fourth-order valence-corrected chi connectivity index (χ4v) is 1.66. The Morgan fingerprint density at radius 3 is 2.36 bits per heavy atom. The Morgan fingerprint density at radius 1 is 1.36 bits per heavy atom. The van der Waals surface area contributed by atoms with Gasteiger partial charge in [-0.1, -0.05) is 6.58 Å². The van der Waals surface area contributed by atoms with Crippen LogP contribution < -0.4 is 0 Å². The van der Waals surface area contributed by atoms with Crippen molar-refractivity contribution in [3.8, 4) is 0 Å². The van der Waals surface area contributed by atoms with Crippen molar-refractivity contribution in [2.75, 3.05) is 26.7 Å². The van der Waals surface area contributed by atoms with Crippen molar-refractivity contribution in [1.82, 2.24) is 9.80 Å². The molecule has 1 saturated heterocycles. The van der Waals surface area contributed by atoms with Crippen LogP contribution in [0, 0.1) is 0 Å². The summed E-state index contributed by atoms with van der Waals surface area (Å²) in [6.45, 7) is 6.27. The van der Waals surface area contributed by atoms with Gasteiger partial charge >= 0.3 is 6.18 Å². The maximum Gasteiger partial charge on any atom is 0.409 e. The Morgan fingerprint density at radius 2 is 1.93 bits per heavy atom. The molecule has 0 aromatic carbocycles. The number of nitrogens with zero attached hydrogens (tertiary/aromatic N) is 2. The predicted molar refractivity (Wildman–Crippen MR) is 48.9 cm³/mol. The Hall–Kier alpha value is -0.710. The van der Waals surface area contributed by atoms with Crippen LogP contribution in [-0.4, -0.2) is 48.7 Å². The summed E-state index contributed by atoms with van der Waals surface area (Å²) in [5, 5.41) is 0. The summed E-state index contributed by atoms with van der Waals surface area (Å²) in [7, 11) is 1.70. The molecule has 0 saturated carbocycles. The van der Waals surface area contributed by atoms with E-state index < -0.39 is 12.2 Å². The highest BCUT2D eigenvalue weighted by Crippen LogP contribution is 2.29. The Labute approximate surface area is 82.0 Å². The van der Waals surface area contributed by atoms with Gasteiger partial charge in [0, 0.05) is 25.3 Å². The highest BCUT2D eigenvalue weighted by atomic mass is 19.4. The van der Waals surface area contributed by atoms with Crippen molar-refractivity contribution in [2.24, 2.45) is 0 Å². The van der Waals surface area contributed by atoms with Crippen molar-refractivity contribution in [2.45, 2.75) is 19.1 Å². The molecule has 0 aromatic heterocycles. The molecule has 2 nitrogen and oxygen atoms in total. The maximum absolute atomic E-state index is 12.6. The largest absolute Gasteiger partial charge is 0.409 e. The number of hydrogen-bond donors (Lipinski definition) is 0. The van der Waals surface area contributed by atoms with Crippen LogP contribution >= 0.6 is 0 Å². The lowest BCUT2D eigenvalue weighted by Crippen LogP contribution is -2.57. The normalized spacial score (nSPS) is 25.2. The Balaban J connectivity index is 2.79. The second kappa shape index (κ2) is 3.81. The van der Waals surface area contributed by atoms with E-state index in [1.807, 2.05) is 0 Å². The second-order valence-electron chi connectivity index (χ2n) is 3.75. The summed E-state index contributed by atoms with van der Waals surface area (Å²) in [6.07, 6.45) is -4.17. The zero-order valence-corrected chi connectivity index (χ0v) is 8.43. The molecule has 0 bridgehead atoms. The zero-order chi connectivity index (χ0) is 10.9. The average Bonchev–Trinajstić information content (AvgIpc) is 2.01. The van der Waals surface area contributed by atoms with Gasteiger partial charge in [-0.2, -0.15) is 13.2 Å². The standard InChI is InChI=1S/C9H15F3N2/c1-7(2)14-5-4-13(3)6-8(14)9(10,11)12/h8H,1,4-6H2,2-3H3. The summed E-state index contributed by atoms with van der Waals surface area (Å²) in [5.41, 5.74) is 0.487. The second-order valence-corrected chi connectivity index (χ2v) is 3.75. The van der Waals surface area contributed by atoms with Crippen LogP contribution in [0.15, 0.2) is 12.3 Å². The highest BCUT2D eigenvalue weighted by molar-refractivity contribution is 4.98. The SMILES string of the molecule is C=C(C)N1CCN(C)CC1C(F)(F)F. The minimum absolute atomic E-state index is 0.0242. The third-order valence-electron chi connectivity index (χ3n) is 2.45. The average molecular weight is 208 g/mol. The van der Waals surface area contributed by atoms with Crippen LogP contribution in [0.5, 0.6) is 0 Å². The molecule has 0 spiro atoms.